The van der Waals surface area contributed by atoms with Gasteiger partial charge in [0, 0.05) is 35.8 Å². The molecule has 0 bridgehead atoms. The number of piperidine rings is 1. The van der Waals surface area contributed by atoms with Gasteiger partial charge in [0.2, 0.25) is 0 Å². The molecule has 88 valence electrons. The predicted molar refractivity (Wildman–Crippen MR) is 72.8 cm³/mol. The summed E-state index contributed by atoms with van der Waals surface area (Å²) in [6.45, 7) is 3.74. The van der Waals surface area contributed by atoms with Crippen molar-refractivity contribution in [2.75, 3.05) is 18.0 Å². The molecule has 3 heteroatoms. The van der Waals surface area contributed by atoms with Crippen LogP contribution in [0.2, 0.25) is 0 Å². The van der Waals surface area contributed by atoms with Gasteiger partial charge >= 0.3 is 0 Å². The molecule has 1 fully saturated rings. The molecule has 3 rings (SSSR count). The van der Waals surface area contributed by atoms with Gasteiger partial charge in [-0.05, 0) is 35.0 Å². The molecule has 17 heavy (non-hydrogen) atoms. The number of carbonyl (C=O) groups excluding carboxylic acids is 1. The molecule has 1 aromatic carbocycles. The average molecular weight is 245 g/mol. The lowest BCUT2D eigenvalue weighted by molar-refractivity contribution is -0.122. The maximum absolute atomic E-state index is 11.5. The van der Waals surface area contributed by atoms with E-state index in [-0.39, 0.29) is 5.92 Å². The van der Waals surface area contributed by atoms with Crippen LogP contribution in [0.1, 0.15) is 13.3 Å². The molecular formula is C14H15NOS. The smallest absolute Gasteiger partial charge is 0.139 e. The highest BCUT2D eigenvalue weighted by Crippen LogP contribution is 2.28. The quantitative estimate of drug-likeness (QED) is 0.768. The summed E-state index contributed by atoms with van der Waals surface area (Å²) in [7, 11) is 0. The number of Topliss-reactive ketones (excluding diaryl/α,β-unsaturated/α-hetero) is 1. The summed E-state index contributed by atoms with van der Waals surface area (Å²) in [4.78, 5) is 13.8. The van der Waals surface area contributed by atoms with Crippen LogP contribution in [-0.4, -0.2) is 18.9 Å². The fourth-order valence-corrected chi connectivity index (χ4v) is 3.17. The fourth-order valence-electron chi connectivity index (χ4n) is 2.40. The highest BCUT2D eigenvalue weighted by molar-refractivity contribution is 7.17. The molecule has 2 nitrogen and oxygen atoms in total. The molecule has 0 aliphatic carbocycles. The van der Waals surface area contributed by atoms with Gasteiger partial charge in [-0.3, -0.25) is 4.79 Å². The molecule has 0 amide bonds. The Morgan fingerprint density at radius 2 is 2.24 bits per heavy atom. The summed E-state index contributed by atoms with van der Waals surface area (Å²) in [5.41, 5.74) is 1.25. The molecule has 1 aliphatic rings. The zero-order valence-electron chi connectivity index (χ0n) is 9.85. The van der Waals surface area contributed by atoms with Crippen molar-refractivity contribution in [3.63, 3.8) is 0 Å². The normalized spacial score (nSPS) is 21.1. The molecule has 1 atom stereocenters. The van der Waals surface area contributed by atoms with Crippen molar-refractivity contribution in [3.8, 4) is 0 Å². The number of anilines is 1. The topological polar surface area (TPSA) is 20.3 Å². The second-order valence-electron chi connectivity index (χ2n) is 4.71. The van der Waals surface area contributed by atoms with E-state index in [1.54, 1.807) is 11.3 Å². The second-order valence-corrected chi connectivity index (χ2v) is 5.65. The minimum Gasteiger partial charge on any atom is -0.370 e. The van der Waals surface area contributed by atoms with Crippen LogP contribution < -0.4 is 4.90 Å². The van der Waals surface area contributed by atoms with Gasteiger partial charge in [0.25, 0.3) is 0 Å². The molecule has 0 radical (unpaired) electrons. The Bertz CT molecular complexity index is 560. The van der Waals surface area contributed by atoms with Gasteiger partial charge < -0.3 is 4.90 Å². The fraction of sp³-hybridized carbons (Fsp3) is 0.357. The summed E-state index contributed by atoms with van der Waals surface area (Å²) in [5, 5.41) is 3.42. The third-order valence-corrected chi connectivity index (χ3v) is 4.37. The highest BCUT2D eigenvalue weighted by Gasteiger charge is 2.23. The van der Waals surface area contributed by atoms with Crippen LogP contribution in [0.4, 0.5) is 5.69 Å². The van der Waals surface area contributed by atoms with Crippen molar-refractivity contribution >= 4 is 32.9 Å². The van der Waals surface area contributed by atoms with E-state index >= 15 is 0 Å². The van der Waals surface area contributed by atoms with Crippen LogP contribution in [0.15, 0.2) is 29.6 Å². The lowest BCUT2D eigenvalue weighted by Crippen LogP contribution is -2.39. The Hall–Kier alpha value is -1.35. The van der Waals surface area contributed by atoms with Gasteiger partial charge in [-0.15, -0.1) is 11.3 Å². The van der Waals surface area contributed by atoms with E-state index in [2.05, 4.69) is 34.5 Å². The van der Waals surface area contributed by atoms with E-state index in [9.17, 15) is 4.79 Å². The number of thiophene rings is 1. The van der Waals surface area contributed by atoms with Crippen molar-refractivity contribution in [2.45, 2.75) is 13.3 Å². The highest BCUT2D eigenvalue weighted by atomic mass is 32.1. The monoisotopic (exact) mass is 245 g/mol. The first-order valence-corrected chi connectivity index (χ1v) is 6.87. The number of fused-ring (bicyclic) bond motifs is 1. The zero-order chi connectivity index (χ0) is 11.8. The number of hydrogen-bond donors (Lipinski definition) is 0. The van der Waals surface area contributed by atoms with Crippen LogP contribution in [-0.2, 0) is 4.79 Å². The number of ketones is 1. The van der Waals surface area contributed by atoms with E-state index in [4.69, 9.17) is 0 Å². The molecule has 2 aromatic rings. The molecule has 1 aromatic heterocycles. The van der Waals surface area contributed by atoms with Gasteiger partial charge in [-0.2, -0.15) is 0 Å². The van der Waals surface area contributed by atoms with E-state index in [0.717, 1.165) is 13.1 Å². The predicted octanol–water partition coefficient (Wildman–Crippen LogP) is 3.32. The van der Waals surface area contributed by atoms with E-state index in [1.165, 1.54) is 15.8 Å². The Balaban J connectivity index is 1.90. The third-order valence-electron chi connectivity index (χ3n) is 3.47. The lowest BCUT2D eigenvalue weighted by atomic mass is 9.98. The molecule has 0 spiro atoms. The zero-order valence-corrected chi connectivity index (χ0v) is 10.7. The first-order valence-electron chi connectivity index (χ1n) is 5.99. The first-order chi connectivity index (χ1) is 8.24. The molecule has 1 saturated heterocycles. The maximum Gasteiger partial charge on any atom is 0.139 e. The lowest BCUT2D eigenvalue weighted by Gasteiger charge is -2.32. The number of nitrogens with zero attached hydrogens (tertiary/aromatic N) is 1. The molecule has 1 unspecified atom stereocenters. The summed E-state index contributed by atoms with van der Waals surface area (Å²) >= 11 is 1.77. The van der Waals surface area contributed by atoms with Crippen LogP contribution in [0.5, 0.6) is 0 Å². The standard InChI is InChI=1S/C14H15NOS/c1-10-9-15(6-4-13(10)16)12-2-3-14-11(8-12)5-7-17-14/h2-3,5,7-8,10H,4,6,9H2,1H3. The maximum atomic E-state index is 11.5. The SMILES string of the molecule is CC1CN(c2ccc3sccc3c2)CCC1=O. The minimum atomic E-state index is 0.168. The Morgan fingerprint density at radius 3 is 3.06 bits per heavy atom. The van der Waals surface area contributed by atoms with Crippen LogP contribution in [0, 0.1) is 5.92 Å². The molecule has 2 heterocycles. The van der Waals surface area contributed by atoms with Crippen molar-refractivity contribution < 1.29 is 4.79 Å². The number of benzene rings is 1. The molecule has 0 N–H and O–H groups in total. The Morgan fingerprint density at radius 1 is 1.35 bits per heavy atom. The number of hydrogen-bond acceptors (Lipinski definition) is 3. The van der Waals surface area contributed by atoms with E-state index in [1.807, 2.05) is 6.92 Å². The third kappa shape index (κ3) is 1.95. The largest absolute Gasteiger partial charge is 0.370 e. The molecular weight excluding hydrogens is 230 g/mol. The Labute approximate surface area is 105 Å². The van der Waals surface area contributed by atoms with Crippen molar-refractivity contribution in [3.05, 3.63) is 29.6 Å². The van der Waals surface area contributed by atoms with Crippen molar-refractivity contribution in [1.82, 2.24) is 0 Å². The van der Waals surface area contributed by atoms with Crippen LogP contribution in [0.25, 0.3) is 10.1 Å². The summed E-state index contributed by atoms with van der Waals surface area (Å²) in [5.74, 6) is 0.569. The molecule has 0 saturated carbocycles. The number of rotatable bonds is 1. The number of carbonyl (C=O) groups is 1. The summed E-state index contributed by atoms with van der Waals surface area (Å²) < 4.78 is 1.33. The van der Waals surface area contributed by atoms with Gasteiger partial charge in [0.1, 0.15) is 5.78 Å². The van der Waals surface area contributed by atoms with Crippen molar-refractivity contribution in [2.24, 2.45) is 5.92 Å². The van der Waals surface area contributed by atoms with Crippen molar-refractivity contribution in [1.29, 1.82) is 0 Å². The van der Waals surface area contributed by atoms with Gasteiger partial charge in [0.05, 0.1) is 0 Å². The average Bonchev–Trinajstić information content (AvgIpc) is 2.79. The van der Waals surface area contributed by atoms with Gasteiger partial charge in [-0.1, -0.05) is 6.92 Å². The van der Waals surface area contributed by atoms with E-state index in [0.29, 0.717) is 12.2 Å². The summed E-state index contributed by atoms with van der Waals surface area (Å²) in [6, 6.07) is 8.73. The van der Waals surface area contributed by atoms with Crippen LogP contribution >= 0.6 is 11.3 Å². The first kappa shape index (κ1) is 10.8. The van der Waals surface area contributed by atoms with Crippen LogP contribution in [0.3, 0.4) is 0 Å². The van der Waals surface area contributed by atoms with E-state index < -0.39 is 0 Å². The van der Waals surface area contributed by atoms with Gasteiger partial charge in [0.15, 0.2) is 0 Å². The Kier molecular flexibility index (Phi) is 2.63. The summed E-state index contributed by atoms with van der Waals surface area (Å²) in [6.07, 6.45) is 0.683. The molecule has 1 aliphatic heterocycles. The van der Waals surface area contributed by atoms with Gasteiger partial charge in [-0.25, -0.2) is 0 Å². The minimum absolute atomic E-state index is 0.168. The second kappa shape index (κ2) is 4.15.